The summed E-state index contributed by atoms with van der Waals surface area (Å²) in [6, 6.07) is 2.68. The van der Waals surface area contributed by atoms with Gasteiger partial charge in [0.05, 0.1) is 12.5 Å². The van der Waals surface area contributed by atoms with E-state index in [4.69, 9.17) is 5.26 Å². The van der Waals surface area contributed by atoms with Crippen molar-refractivity contribution in [2.24, 2.45) is 0 Å². The average molecular weight is 223 g/mol. The molecule has 4 nitrogen and oxygen atoms in total. The van der Waals surface area contributed by atoms with Crippen LogP contribution in [-0.2, 0) is 4.79 Å². The Bertz CT molecular complexity index is 272. The van der Waals surface area contributed by atoms with Gasteiger partial charge in [0.15, 0.2) is 0 Å². The fourth-order valence-electron chi connectivity index (χ4n) is 2.10. The van der Waals surface area contributed by atoms with Gasteiger partial charge in [0.2, 0.25) is 5.91 Å². The molecule has 1 aliphatic rings. The maximum absolute atomic E-state index is 11.7. The predicted molar refractivity (Wildman–Crippen MR) is 62.8 cm³/mol. The highest BCUT2D eigenvalue weighted by atomic mass is 16.2. The first-order chi connectivity index (χ1) is 7.65. The molecule has 1 rings (SSSR count). The van der Waals surface area contributed by atoms with Crippen molar-refractivity contribution in [2.45, 2.75) is 38.6 Å². The van der Waals surface area contributed by atoms with Crippen molar-refractivity contribution < 1.29 is 4.79 Å². The van der Waals surface area contributed by atoms with Crippen LogP contribution < -0.4 is 0 Å². The Balaban J connectivity index is 2.21. The van der Waals surface area contributed by atoms with E-state index >= 15 is 0 Å². The highest BCUT2D eigenvalue weighted by Crippen LogP contribution is 2.16. The molecule has 1 unspecified atom stereocenters. The monoisotopic (exact) mass is 223 g/mol. The lowest BCUT2D eigenvalue weighted by Gasteiger charge is -2.22. The van der Waals surface area contributed by atoms with Gasteiger partial charge in [-0.15, -0.1) is 0 Å². The Morgan fingerprint density at radius 2 is 2.38 bits per heavy atom. The van der Waals surface area contributed by atoms with Gasteiger partial charge in [0.25, 0.3) is 0 Å². The zero-order valence-electron chi connectivity index (χ0n) is 10.3. The van der Waals surface area contributed by atoms with Crippen LogP contribution >= 0.6 is 0 Å². The van der Waals surface area contributed by atoms with E-state index in [1.165, 1.54) is 12.8 Å². The number of amides is 1. The van der Waals surface area contributed by atoms with Crippen molar-refractivity contribution in [3.63, 3.8) is 0 Å². The molecule has 0 spiro atoms. The Morgan fingerprint density at radius 3 is 2.94 bits per heavy atom. The van der Waals surface area contributed by atoms with E-state index < -0.39 is 0 Å². The minimum Gasteiger partial charge on any atom is -0.345 e. The predicted octanol–water partition coefficient (Wildman–Crippen LogP) is 1.23. The van der Waals surface area contributed by atoms with Crippen LogP contribution in [0.2, 0.25) is 0 Å². The average Bonchev–Trinajstić information content (AvgIpc) is 2.68. The van der Waals surface area contributed by atoms with Gasteiger partial charge in [0, 0.05) is 32.6 Å². The molecule has 16 heavy (non-hydrogen) atoms. The molecule has 0 bridgehead atoms. The highest BCUT2D eigenvalue weighted by molar-refractivity contribution is 5.76. The summed E-state index contributed by atoms with van der Waals surface area (Å²) in [4.78, 5) is 15.7. The summed E-state index contributed by atoms with van der Waals surface area (Å²) >= 11 is 0. The van der Waals surface area contributed by atoms with Crippen LogP contribution in [0.4, 0.5) is 0 Å². The third-order valence-electron chi connectivity index (χ3n) is 3.29. The largest absolute Gasteiger partial charge is 0.345 e. The minimum atomic E-state index is 0.148. The maximum Gasteiger partial charge on any atom is 0.223 e. The second kappa shape index (κ2) is 6.49. The molecule has 4 heteroatoms. The molecule has 0 N–H and O–H groups in total. The van der Waals surface area contributed by atoms with Crippen LogP contribution in [0.25, 0.3) is 0 Å². The van der Waals surface area contributed by atoms with Crippen LogP contribution in [0, 0.1) is 11.3 Å². The van der Waals surface area contributed by atoms with E-state index in [0.717, 1.165) is 13.1 Å². The van der Waals surface area contributed by atoms with Crippen molar-refractivity contribution in [1.82, 2.24) is 9.80 Å². The van der Waals surface area contributed by atoms with Gasteiger partial charge >= 0.3 is 0 Å². The number of nitriles is 1. The minimum absolute atomic E-state index is 0.148. The SMILES string of the molecule is CC1CCCN1CCC(=O)N(C)CCC#N. The zero-order chi connectivity index (χ0) is 12.0. The fraction of sp³-hybridized carbons (Fsp3) is 0.833. The topological polar surface area (TPSA) is 47.3 Å². The summed E-state index contributed by atoms with van der Waals surface area (Å²) in [5.74, 6) is 0.148. The Morgan fingerprint density at radius 1 is 1.62 bits per heavy atom. The first-order valence-corrected chi connectivity index (χ1v) is 6.00. The van der Waals surface area contributed by atoms with E-state index in [2.05, 4.69) is 17.9 Å². The summed E-state index contributed by atoms with van der Waals surface area (Å²) in [7, 11) is 1.77. The van der Waals surface area contributed by atoms with E-state index in [9.17, 15) is 4.79 Å². The molecule has 0 aromatic heterocycles. The quantitative estimate of drug-likeness (QED) is 0.704. The number of likely N-dealkylation sites (tertiary alicyclic amines) is 1. The molecule has 90 valence electrons. The van der Waals surface area contributed by atoms with E-state index in [-0.39, 0.29) is 5.91 Å². The number of hydrogen-bond acceptors (Lipinski definition) is 3. The molecule has 0 aliphatic carbocycles. The number of hydrogen-bond donors (Lipinski definition) is 0. The second-order valence-electron chi connectivity index (χ2n) is 4.50. The Kier molecular flexibility index (Phi) is 5.27. The normalized spacial score (nSPS) is 20.7. The van der Waals surface area contributed by atoms with E-state index in [1.54, 1.807) is 11.9 Å². The lowest BCUT2D eigenvalue weighted by atomic mass is 10.2. The first kappa shape index (κ1) is 13.0. The van der Waals surface area contributed by atoms with Gasteiger partial charge in [-0.2, -0.15) is 5.26 Å². The van der Waals surface area contributed by atoms with Crippen LogP contribution in [0.5, 0.6) is 0 Å². The third-order valence-corrected chi connectivity index (χ3v) is 3.29. The molecule has 1 amide bonds. The number of nitrogens with zero attached hydrogens (tertiary/aromatic N) is 3. The Hall–Kier alpha value is -1.08. The standard InChI is InChI=1S/C12H21N3O/c1-11-5-3-9-15(11)10-6-12(16)14(2)8-4-7-13/h11H,3-6,8-10H2,1-2H3. The molecule has 1 heterocycles. The molecule has 0 saturated carbocycles. The van der Waals surface area contributed by atoms with E-state index in [0.29, 0.717) is 25.4 Å². The summed E-state index contributed by atoms with van der Waals surface area (Å²) < 4.78 is 0. The molecule has 0 radical (unpaired) electrons. The molecule has 1 aliphatic heterocycles. The fourth-order valence-corrected chi connectivity index (χ4v) is 2.10. The molecule has 1 fully saturated rings. The van der Waals surface area contributed by atoms with Crippen molar-refractivity contribution in [1.29, 1.82) is 5.26 Å². The number of carbonyl (C=O) groups is 1. The molecular formula is C12H21N3O. The summed E-state index contributed by atoms with van der Waals surface area (Å²) in [5.41, 5.74) is 0. The smallest absolute Gasteiger partial charge is 0.223 e. The van der Waals surface area contributed by atoms with Gasteiger partial charge in [0.1, 0.15) is 0 Å². The van der Waals surface area contributed by atoms with Crippen LogP contribution in [-0.4, -0.2) is 48.4 Å². The summed E-state index contributed by atoms with van der Waals surface area (Å²) in [6.07, 6.45) is 3.49. The van der Waals surface area contributed by atoms with Gasteiger partial charge in [-0.3, -0.25) is 4.79 Å². The van der Waals surface area contributed by atoms with Crippen molar-refractivity contribution in [3.05, 3.63) is 0 Å². The number of carbonyl (C=O) groups excluding carboxylic acids is 1. The molecule has 0 aromatic rings. The highest BCUT2D eigenvalue weighted by Gasteiger charge is 2.20. The lowest BCUT2D eigenvalue weighted by molar-refractivity contribution is -0.130. The van der Waals surface area contributed by atoms with Crippen molar-refractivity contribution in [2.75, 3.05) is 26.7 Å². The molecular weight excluding hydrogens is 202 g/mol. The van der Waals surface area contributed by atoms with Gasteiger partial charge < -0.3 is 9.80 Å². The van der Waals surface area contributed by atoms with Gasteiger partial charge in [-0.25, -0.2) is 0 Å². The molecule has 0 aromatic carbocycles. The van der Waals surface area contributed by atoms with Crippen LogP contribution in [0.1, 0.15) is 32.6 Å². The molecule has 1 atom stereocenters. The van der Waals surface area contributed by atoms with E-state index in [1.807, 2.05) is 0 Å². The third kappa shape index (κ3) is 3.82. The second-order valence-corrected chi connectivity index (χ2v) is 4.50. The Labute approximate surface area is 97.8 Å². The van der Waals surface area contributed by atoms with Gasteiger partial charge in [-0.05, 0) is 26.3 Å². The van der Waals surface area contributed by atoms with Crippen molar-refractivity contribution >= 4 is 5.91 Å². The van der Waals surface area contributed by atoms with Crippen LogP contribution in [0.3, 0.4) is 0 Å². The first-order valence-electron chi connectivity index (χ1n) is 6.00. The maximum atomic E-state index is 11.7. The van der Waals surface area contributed by atoms with Crippen LogP contribution in [0.15, 0.2) is 0 Å². The molecule has 1 saturated heterocycles. The number of rotatable bonds is 5. The van der Waals surface area contributed by atoms with Crippen molar-refractivity contribution in [3.8, 4) is 6.07 Å². The van der Waals surface area contributed by atoms with Gasteiger partial charge in [-0.1, -0.05) is 0 Å². The summed E-state index contributed by atoms with van der Waals surface area (Å²) in [6.45, 7) is 4.75. The summed E-state index contributed by atoms with van der Waals surface area (Å²) in [5, 5.41) is 8.44. The lowest BCUT2D eigenvalue weighted by Crippen LogP contribution is -2.34. The zero-order valence-corrected chi connectivity index (χ0v) is 10.3.